The molecule has 3 N–H and O–H groups in total. The van der Waals surface area contributed by atoms with E-state index in [2.05, 4.69) is 5.32 Å². The van der Waals surface area contributed by atoms with E-state index < -0.39 is 0 Å². The van der Waals surface area contributed by atoms with Gasteiger partial charge in [0, 0.05) is 25.6 Å². The Labute approximate surface area is 155 Å². The van der Waals surface area contributed by atoms with Gasteiger partial charge in [0.25, 0.3) is 0 Å². The number of nitrogens with zero attached hydrogens (tertiary/aromatic N) is 1. The lowest BCUT2D eigenvalue weighted by molar-refractivity contribution is -0.142. The van der Waals surface area contributed by atoms with E-state index in [0.717, 1.165) is 37.0 Å². The molecule has 1 saturated carbocycles. The molecule has 1 aliphatic carbocycles. The van der Waals surface area contributed by atoms with Crippen molar-refractivity contribution in [3.05, 3.63) is 29.8 Å². The Balaban J connectivity index is 1.76. The van der Waals surface area contributed by atoms with E-state index in [1.165, 1.54) is 0 Å². The van der Waals surface area contributed by atoms with Gasteiger partial charge in [0.2, 0.25) is 11.8 Å². The fourth-order valence-corrected chi connectivity index (χ4v) is 4.14. The molecule has 26 heavy (non-hydrogen) atoms. The number of carbonyl (C=O) groups is 2. The largest absolute Gasteiger partial charge is 0.497 e. The minimum absolute atomic E-state index is 0.0469. The van der Waals surface area contributed by atoms with Gasteiger partial charge in [0.05, 0.1) is 19.1 Å². The number of hydrogen-bond acceptors (Lipinski definition) is 4. The van der Waals surface area contributed by atoms with Crippen molar-refractivity contribution in [2.24, 2.45) is 11.7 Å². The number of nitrogens with one attached hydrogen (secondary N) is 1. The highest BCUT2D eigenvalue weighted by atomic mass is 16.5. The molecule has 6 heteroatoms. The standard InChI is InChI=1S/C20H29N3O3/c1-23-18(24)12-11-17(19(23)13-3-9-16(26-2)10-4-13)20(25)22-15-7-5-14(21)6-8-15/h3-4,9-10,14-15,17,19H,5-8,11-12,21H2,1-2H3,(H,22,25). The number of piperidine rings is 1. The van der Waals surface area contributed by atoms with Crippen LogP contribution >= 0.6 is 0 Å². The van der Waals surface area contributed by atoms with Gasteiger partial charge in [-0.05, 0) is 49.8 Å². The number of likely N-dealkylation sites (tertiary alicyclic amines) is 1. The first-order valence-corrected chi connectivity index (χ1v) is 9.45. The van der Waals surface area contributed by atoms with Crippen LogP contribution < -0.4 is 15.8 Å². The lowest BCUT2D eigenvalue weighted by atomic mass is 9.83. The Morgan fingerprint density at radius 1 is 1.15 bits per heavy atom. The van der Waals surface area contributed by atoms with Crippen LogP contribution in [-0.4, -0.2) is 43.0 Å². The predicted octanol–water partition coefficient (Wildman–Crippen LogP) is 1.99. The highest BCUT2D eigenvalue weighted by Gasteiger charge is 2.39. The molecular formula is C20H29N3O3. The van der Waals surface area contributed by atoms with Crippen molar-refractivity contribution in [3.8, 4) is 5.75 Å². The van der Waals surface area contributed by atoms with Crippen LogP contribution in [0, 0.1) is 5.92 Å². The summed E-state index contributed by atoms with van der Waals surface area (Å²) in [6.45, 7) is 0. The van der Waals surface area contributed by atoms with Crippen LogP contribution in [-0.2, 0) is 9.59 Å². The number of hydrogen-bond donors (Lipinski definition) is 2. The Kier molecular flexibility index (Phi) is 5.81. The van der Waals surface area contributed by atoms with Crippen LogP contribution in [0.15, 0.2) is 24.3 Å². The maximum Gasteiger partial charge on any atom is 0.225 e. The van der Waals surface area contributed by atoms with Crippen LogP contribution in [0.5, 0.6) is 5.75 Å². The average molecular weight is 359 g/mol. The minimum Gasteiger partial charge on any atom is -0.497 e. The predicted molar refractivity (Wildman–Crippen MR) is 99.6 cm³/mol. The second-order valence-electron chi connectivity index (χ2n) is 7.49. The van der Waals surface area contributed by atoms with Crippen molar-refractivity contribution in [3.63, 3.8) is 0 Å². The lowest BCUT2D eigenvalue weighted by Gasteiger charge is -2.39. The zero-order chi connectivity index (χ0) is 18.7. The molecule has 142 valence electrons. The average Bonchev–Trinajstić information content (AvgIpc) is 2.65. The Morgan fingerprint density at radius 3 is 2.42 bits per heavy atom. The van der Waals surface area contributed by atoms with Gasteiger partial charge in [-0.25, -0.2) is 0 Å². The molecule has 6 nitrogen and oxygen atoms in total. The highest BCUT2D eigenvalue weighted by molar-refractivity contribution is 5.85. The normalized spacial score (nSPS) is 29.3. The van der Waals surface area contributed by atoms with E-state index in [-0.39, 0.29) is 35.9 Å². The van der Waals surface area contributed by atoms with Gasteiger partial charge < -0.3 is 20.7 Å². The molecule has 2 amide bonds. The van der Waals surface area contributed by atoms with Crippen LogP contribution in [0.25, 0.3) is 0 Å². The second kappa shape index (κ2) is 8.08. The van der Waals surface area contributed by atoms with Gasteiger partial charge in [0.1, 0.15) is 5.75 Å². The number of amides is 2. The molecule has 1 aromatic carbocycles. The Bertz CT molecular complexity index is 638. The Hall–Kier alpha value is -2.08. The first-order valence-electron chi connectivity index (χ1n) is 9.45. The zero-order valence-corrected chi connectivity index (χ0v) is 15.6. The number of ether oxygens (including phenoxy) is 1. The molecule has 2 aliphatic rings. The van der Waals surface area contributed by atoms with Gasteiger partial charge in [-0.15, -0.1) is 0 Å². The van der Waals surface area contributed by atoms with E-state index in [1.807, 2.05) is 24.3 Å². The van der Waals surface area contributed by atoms with Gasteiger partial charge >= 0.3 is 0 Å². The second-order valence-corrected chi connectivity index (χ2v) is 7.49. The van der Waals surface area contributed by atoms with Crippen molar-refractivity contribution in [2.75, 3.05) is 14.2 Å². The maximum atomic E-state index is 13.0. The summed E-state index contributed by atoms with van der Waals surface area (Å²) in [5.74, 6) is 0.656. The molecule has 2 fully saturated rings. The van der Waals surface area contributed by atoms with E-state index in [1.54, 1.807) is 19.1 Å². The third-order valence-electron chi connectivity index (χ3n) is 5.77. The van der Waals surface area contributed by atoms with E-state index in [4.69, 9.17) is 10.5 Å². The lowest BCUT2D eigenvalue weighted by Crippen LogP contribution is -2.49. The summed E-state index contributed by atoms with van der Waals surface area (Å²) in [6.07, 6.45) is 4.77. The maximum absolute atomic E-state index is 13.0. The summed E-state index contributed by atoms with van der Waals surface area (Å²) >= 11 is 0. The zero-order valence-electron chi connectivity index (χ0n) is 15.6. The summed E-state index contributed by atoms with van der Waals surface area (Å²) in [7, 11) is 3.41. The van der Waals surface area contributed by atoms with Crippen molar-refractivity contribution < 1.29 is 14.3 Å². The fraction of sp³-hybridized carbons (Fsp3) is 0.600. The number of nitrogens with two attached hydrogens (primary N) is 1. The molecule has 1 saturated heterocycles. The third-order valence-corrected chi connectivity index (χ3v) is 5.77. The minimum atomic E-state index is -0.243. The number of benzene rings is 1. The number of carbonyl (C=O) groups excluding carboxylic acids is 2. The molecule has 0 aromatic heterocycles. The van der Waals surface area contributed by atoms with E-state index in [0.29, 0.717) is 12.8 Å². The van der Waals surface area contributed by atoms with Crippen molar-refractivity contribution >= 4 is 11.8 Å². The fourth-order valence-electron chi connectivity index (χ4n) is 4.14. The molecule has 1 heterocycles. The first kappa shape index (κ1) is 18.7. The van der Waals surface area contributed by atoms with Crippen molar-refractivity contribution in [1.82, 2.24) is 10.2 Å². The molecule has 0 bridgehead atoms. The molecule has 1 aromatic rings. The molecule has 3 rings (SSSR count). The topological polar surface area (TPSA) is 84.7 Å². The van der Waals surface area contributed by atoms with Gasteiger partial charge in [0.15, 0.2) is 0 Å². The summed E-state index contributed by atoms with van der Waals surface area (Å²) in [4.78, 5) is 27.0. The smallest absolute Gasteiger partial charge is 0.225 e. The van der Waals surface area contributed by atoms with Crippen LogP contribution in [0.4, 0.5) is 0 Å². The molecular weight excluding hydrogens is 330 g/mol. The molecule has 0 spiro atoms. The van der Waals surface area contributed by atoms with Gasteiger partial charge in [-0.3, -0.25) is 9.59 Å². The SMILES string of the molecule is COc1ccc(C2C(C(=O)NC3CCC(N)CC3)CCC(=O)N2C)cc1. The van der Waals surface area contributed by atoms with Crippen LogP contribution in [0.3, 0.4) is 0 Å². The Morgan fingerprint density at radius 2 is 1.81 bits per heavy atom. The van der Waals surface area contributed by atoms with E-state index in [9.17, 15) is 9.59 Å². The first-order chi connectivity index (χ1) is 12.5. The molecule has 2 atom stereocenters. The highest BCUT2D eigenvalue weighted by Crippen LogP contribution is 2.36. The quantitative estimate of drug-likeness (QED) is 0.861. The third kappa shape index (κ3) is 4.01. The van der Waals surface area contributed by atoms with Crippen molar-refractivity contribution in [2.45, 2.75) is 56.7 Å². The summed E-state index contributed by atoms with van der Waals surface area (Å²) in [6, 6.07) is 7.85. The summed E-state index contributed by atoms with van der Waals surface area (Å²) in [5.41, 5.74) is 6.92. The molecule has 2 unspecified atom stereocenters. The van der Waals surface area contributed by atoms with Crippen LogP contribution in [0.2, 0.25) is 0 Å². The van der Waals surface area contributed by atoms with Gasteiger partial charge in [-0.1, -0.05) is 12.1 Å². The molecule has 0 radical (unpaired) electrons. The van der Waals surface area contributed by atoms with Gasteiger partial charge in [-0.2, -0.15) is 0 Å². The summed E-state index contributed by atoms with van der Waals surface area (Å²) < 4.78 is 5.22. The number of rotatable bonds is 4. The molecule has 1 aliphatic heterocycles. The van der Waals surface area contributed by atoms with E-state index >= 15 is 0 Å². The monoisotopic (exact) mass is 359 g/mol. The van der Waals surface area contributed by atoms with Crippen LogP contribution in [0.1, 0.15) is 50.1 Å². The number of methoxy groups -OCH3 is 1. The van der Waals surface area contributed by atoms with Crippen molar-refractivity contribution in [1.29, 1.82) is 0 Å². The summed E-state index contributed by atoms with van der Waals surface area (Å²) in [5, 5.41) is 3.21.